The Kier molecular flexibility index (Phi) is 7.66. The monoisotopic (exact) mass is 429 g/mol. The van der Waals surface area contributed by atoms with E-state index >= 15 is 0 Å². The molecule has 0 heterocycles. The highest BCUT2D eigenvalue weighted by Crippen LogP contribution is 2.38. The van der Waals surface area contributed by atoms with Gasteiger partial charge in [-0.1, -0.05) is 56.2 Å². The zero-order valence-electron chi connectivity index (χ0n) is 16.8. The molecule has 11 heteroatoms. The molecule has 160 valence electrons. The van der Waals surface area contributed by atoms with Gasteiger partial charge in [-0.25, -0.2) is 4.79 Å². The van der Waals surface area contributed by atoms with E-state index in [0.29, 0.717) is 0 Å². The maximum atomic E-state index is 14.7. The van der Waals surface area contributed by atoms with Gasteiger partial charge < -0.3 is 14.6 Å². The van der Waals surface area contributed by atoms with E-state index < -0.39 is 49.3 Å². The van der Waals surface area contributed by atoms with Crippen molar-refractivity contribution in [2.75, 3.05) is 0 Å². The highest BCUT2D eigenvalue weighted by molar-refractivity contribution is 6.75. The average Bonchev–Trinajstić information content (AvgIpc) is 2.63. The molecule has 0 aliphatic carbocycles. The van der Waals surface area contributed by atoms with Crippen LogP contribution in [0.3, 0.4) is 0 Å². The third-order valence-electron chi connectivity index (χ3n) is 4.94. The largest absolute Gasteiger partial charge is 0.515 e. The molecule has 1 aromatic carbocycles. The van der Waals surface area contributed by atoms with Crippen molar-refractivity contribution in [1.82, 2.24) is 0 Å². The number of hydrogen-bond acceptors (Lipinski definition) is 6. The van der Waals surface area contributed by atoms with Crippen molar-refractivity contribution in [2.45, 2.75) is 63.1 Å². The number of carbonyl (C=O) groups excluding carboxylic acids is 2. The average molecular weight is 429 g/mol. The molecule has 0 saturated heterocycles. The molecule has 0 amide bonds. The molecule has 8 nitrogen and oxygen atoms in total. The fraction of sp³-hybridized carbons (Fsp3) is 0.556. The van der Waals surface area contributed by atoms with E-state index in [1.54, 1.807) is 39.9 Å². The lowest BCUT2D eigenvalue weighted by Gasteiger charge is -2.37. The number of nitrogens with zero attached hydrogens (tertiary/aromatic N) is 3. The number of halogens is 2. The second kappa shape index (κ2) is 9.00. The van der Waals surface area contributed by atoms with Gasteiger partial charge in [-0.2, -0.15) is 8.78 Å². The second-order valence-electron chi connectivity index (χ2n) is 8.08. The predicted octanol–water partition coefficient (Wildman–Crippen LogP) is 3.51. The van der Waals surface area contributed by atoms with Crippen LogP contribution in [0.15, 0.2) is 35.4 Å². The van der Waals surface area contributed by atoms with Crippen molar-refractivity contribution in [3.63, 3.8) is 0 Å². The van der Waals surface area contributed by atoms with Gasteiger partial charge in [0, 0.05) is 4.91 Å². The van der Waals surface area contributed by atoms with Crippen molar-refractivity contribution >= 4 is 20.1 Å². The number of aliphatic hydroxyl groups is 2. The van der Waals surface area contributed by atoms with Crippen LogP contribution in [-0.2, 0) is 14.0 Å². The van der Waals surface area contributed by atoms with Crippen LogP contribution in [0.2, 0.25) is 18.1 Å². The Bertz CT molecular complexity index is 792. The van der Waals surface area contributed by atoms with Gasteiger partial charge in [-0.3, -0.25) is 4.79 Å². The summed E-state index contributed by atoms with van der Waals surface area (Å²) in [4.78, 5) is 26.8. The lowest BCUT2D eigenvalue weighted by molar-refractivity contribution is -0.171. The summed E-state index contributed by atoms with van der Waals surface area (Å²) in [6, 6.07) is 4.48. The summed E-state index contributed by atoms with van der Waals surface area (Å²) in [5.74, 6) is -8.25. The summed E-state index contributed by atoms with van der Waals surface area (Å²) < 4.78 is 34.5. The summed E-state index contributed by atoms with van der Waals surface area (Å²) in [7, 11) is -2.97. The van der Waals surface area contributed by atoms with E-state index in [-0.39, 0.29) is 5.56 Å². The van der Waals surface area contributed by atoms with Gasteiger partial charge in [0.1, 0.15) is 12.2 Å². The number of carbonyl (C=O) groups is 2. The van der Waals surface area contributed by atoms with Crippen molar-refractivity contribution < 1.29 is 33.0 Å². The molecule has 1 rings (SSSR count). The van der Waals surface area contributed by atoms with E-state index in [1.807, 2.05) is 0 Å². The Balaban J connectivity index is 3.18. The van der Waals surface area contributed by atoms with Crippen molar-refractivity contribution in [3.8, 4) is 0 Å². The summed E-state index contributed by atoms with van der Waals surface area (Å²) >= 11 is 0. The molecular formula is C18H25F2N3O5Si. The summed E-state index contributed by atoms with van der Waals surface area (Å²) in [6.45, 7) is 8.28. The summed E-state index contributed by atoms with van der Waals surface area (Å²) in [5, 5.41) is 22.3. The molecule has 0 saturated carbocycles. The smallest absolute Gasteiger partial charge is 0.364 e. The van der Waals surface area contributed by atoms with E-state index in [9.17, 15) is 28.6 Å². The number of hydrogen-bond donors (Lipinski definition) is 2. The number of rotatable bonds is 8. The molecule has 0 fully saturated rings. The quantitative estimate of drug-likeness (QED) is 0.282. The highest BCUT2D eigenvalue weighted by atomic mass is 28.4. The van der Waals surface area contributed by atoms with Gasteiger partial charge in [-0.05, 0) is 29.2 Å². The number of azide groups is 1. The normalized spacial score (nSPS) is 15.6. The van der Waals surface area contributed by atoms with Crippen molar-refractivity contribution in [3.05, 3.63) is 46.3 Å². The Morgan fingerprint density at radius 3 is 2.14 bits per heavy atom. The SMILES string of the molecule is CC(C)(C)[Si](C)(C)OC(=O)C(F)(F)[C@H](N=[N+]=[N-])C(=O)C(O)C(O)c1ccccc1. The predicted molar refractivity (Wildman–Crippen MR) is 104 cm³/mol. The third-order valence-corrected chi connectivity index (χ3v) is 9.25. The summed E-state index contributed by atoms with van der Waals surface area (Å²) in [5.41, 5.74) is 8.70. The zero-order valence-corrected chi connectivity index (χ0v) is 17.8. The summed E-state index contributed by atoms with van der Waals surface area (Å²) in [6.07, 6.45) is -4.20. The van der Waals surface area contributed by atoms with Crippen LogP contribution in [0.25, 0.3) is 10.4 Å². The molecule has 0 aromatic heterocycles. The first-order valence-corrected chi connectivity index (χ1v) is 11.7. The molecule has 0 aliphatic heterocycles. The number of aliphatic hydroxyl groups excluding tert-OH is 2. The van der Waals surface area contributed by atoms with Crippen LogP contribution in [-0.4, -0.2) is 48.4 Å². The van der Waals surface area contributed by atoms with Crippen LogP contribution in [0.5, 0.6) is 0 Å². The lowest BCUT2D eigenvalue weighted by atomic mass is 9.95. The molecule has 0 radical (unpaired) electrons. The Hall–Kier alpha value is -2.33. The van der Waals surface area contributed by atoms with Crippen LogP contribution >= 0.6 is 0 Å². The lowest BCUT2D eigenvalue weighted by Crippen LogP contribution is -2.54. The van der Waals surface area contributed by atoms with Gasteiger partial charge in [0.25, 0.3) is 8.32 Å². The third kappa shape index (κ3) is 5.60. The molecule has 2 N–H and O–H groups in total. The highest BCUT2D eigenvalue weighted by Gasteiger charge is 2.56. The fourth-order valence-corrected chi connectivity index (χ4v) is 2.98. The van der Waals surface area contributed by atoms with Crippen LogP contribution in [0, 0.1) is 0 Å². The standard InChI is InChI=1S/C18H25F2N3O5Si/c1-17(2,3)29(4,5)28-16(27)18(19,20)15(22-23-21)14(26)13(25)12(24)11-9-7-6-8-10-11/h6-10,12-13,15,24-25H,1-5H3/t12?,13?,15-/m1/s1. The molecule has 0 bridgehead atoms. The van der Waals surface area contributed by atoms with E-state index in [0.717, 1.165) is 0 Å². The van der Waals surface area contributed by atoms with Gasteiger partial charge in [0.05, 0.1) is 0 Å². The molecule has 1 aromatic rings. The first kappa shape index (κ1) is 24.7. The van der Waals surface area contributed by atoms with Gasteiger partial charge in [0.15, 0.2) is 11.8 Å². The maximum Gasteiger partial charge on any atom is 0.364 e. The molecule has 29 heavy (non-hydrogen) atoms. The first-order chi connectivity index (χ1) is 13.2. The second-order valence-corrected chi connectivity index (χ2v) is 12.8. The number of alkyl halides is 2. The van der Waals surface area contributed by atoms with Crippen LogP contribution in [0.1, 0.15) is 32.4 Å². The zero-order chi connectivity index (χ0) is 22.6. The minimum absolute atomic E-state index is 0.0835. The number of benzene rings is 1. The van der Waals surface area contributed by atoms with Gasteiger partial charge in [-0.15, -0.1) is 0 Å². The minimum Gasteiger partial charge on any atom is -0.515 e. The van der Waals surface area contributed by atoms with Crippen LogP contribution in [0.4, 0.5) is 8.78 Å². The van der Waals surface area contributed by atoms with E-state index in [2.05, 4.69) is 10.0 Å². The molecule has 3 atom stereocenters. The molecular weight excluding hydrogens is 404 g/mol. The van der Waals surface area contributed by atoms with E-state index in [1.165, 1.54) is 24.3 Å². The Morgan fingerprint density at radius 2 is 1.69 bits per heavy atom. The van der Waals surface area contributed by atoms with E-state index in [4.69, 9.17) is 9.96 Å². The first-order valence-electron chi connectivity index (χ1n) is 8.77. The number of ketones is 1. The molecule has 0 spiro atoms. The van der Waals surface area contributed by atoms with Crippen LogP contribution < -0.4 is 0 Å². The van der Waals surface area contributed by atoms with Gasteiger partial charge in [0.2, 0.25) is 0 Å². The van der Waals surface area contributed by atoms with Gasteiger partial charge >= 0.3 is 11.9 Å². The van der Waals surface area contributed by atoms with Crippen molar-refractivity contribution in [2.24, 2.45) is 5.11 Å². The maximum absolute atomic E-state index is 14.7. The Morgan fingerprint density at radius 1 is 1.17 bits per heavy atom. The molecule has 0 aliphatic rings. The molecule has 2 unspecified atom stereocenters. The minimum atomic E-state index is -4.53. The topological polar surface area (TPSA) is 133 Å². The van der Waals surface area contributed by atoms with Crippen molar-refractivity contribution in [1.29, 1.82) is 0 Å². The fourth-order valence-electron chi connectivity index (χ4n) is 2.07. The number of Topliss-reactive ketones (excluding diaryl/α,β-unsaturated/α-hetero) is 1. The Labute approximate surface area is 168 Å².